The monoisotopic (exact) mass is 368 g/mol. The normalized spacial score (nSPS) is 10.9. The van der Waals surface area contributed by atoms with Crippen LogP contribution in [0.1, 0.15) is 49.9 Å². The van der Waals surface area contributed by atoms with Gasteiger partial charge in [-0.25, -0.2) is 10.7 Å². The maximum absolute atomic E-state index is 12.7. The molecule has 7 nitrogen and oxygen atoms in total. The van der Waals surface area contributed by atoms with Crippen molar-refractivity contribution < 1.29 is 22.5 Å². The van der Waals surface area contributed by atoms with Crippen LogP contribution in [-0.2, 0) is 0 Å². The van der Waals surface area contributed by atoms with Gasteiger partial charge in [0, 0.05) is 18.7 Å². The number of nitrogens with two attached hydrogens (primary N) is 3. The molecule has 0 bridgehead atoms. The zero-order chi connectivity index (χ0) is 17.9. The SMILES string of the molecule is CCCCN(CCCC)C(=O)c1ccc(N=C(N)[NH2+]C(=N)N)cc1.[Cl-]. The number of carbonyl (C=O) groups excluding carboxylic acids is 1. The van der Waals surface area contributed by atoms with Gasteiger partial charge < -0.3 is 28.8 Å². The van der Waals surface area contributed by atoms with Gasteiger partial charge >= 0.3 is 5.96 Å². The molecule has 1 aromatic carbocycles. The second-order valence-electron chi connectivity index (χ2n) is 5.68. The molecule has 0 heterocycles. The van der Waals surface area contributed by atoms with Gasteiger partial charge in [-0.3, -0.25) is 4.79 Å². The molecule has 1 rings (SSSR count). The summed E-state index contributed by atoms with van der Waals surface area (Å²) in [4.78, 5) is 18.7. The van der Waals surface area contributed by atoms with Gasteiger partial charge in [-0.05, 0) is 37.1 Å². The summed E-state index contributed by atoms with van der Waals surface area (Å²) in [7, 11) is 0. The summed E-state index contributed by atoms with van der Waals surface area (Å²) < 4.78 is 0. The van der Waals surface area contributed by atoms with Gasteiger partial charge in [0.05, 0.1) is 5.69 Å². The van der Waals surface area contributed by atoms with E-state index in [9.17, 15) is 4.79 Å². The third-order valence-electron chi connectivity index (χ3n) is 3.53. The highest BCUT2D eigenvalue weighted by Crippen LogP contribution is 2.15. The van der Waals surface area contributed by atoms with Crippen molar-refractivity contribution >= 4 is 23.5 Å². The Morgan fingerprint density at radius 2 is 1.64 bits per heavy atom. The molecule has 0 aliphatic carbocycles. The number of nitrogens with one attached hydrogen (secondary N) is 1. The number of rotatable bonds is 8. The average Bonchev–Trinajstić information content (AvgIpc) is 2.54. The van der Waals surface area contributed by atoms with Gasteiger partial charge in [-0.2, -0.15) is 4.99 Å². The lowest BCUT2D eigenvalue weighted by Crippen LogP contribution is -3.00. The Kier molecular flexibility index (Phi) is 11.2. The van der Waals surface area contributed by atoms with Crippen LogP contribution in [0.3, 0.4) is 0 Å². The minimum absolute atomic E-state index is 0. The summed E-state index contributed by atoms with van der Waals surface area (Å²) >= 11 is 0. The number of guanidine groups is 2. The fraction of sp³-hybridized carbons (Fsp3) is 0.471. The fourth-order valence-electron chi connectivity index (χ4n) is 2.21. The molecule has 0 atom stereocenters. The molecule has 0 radical (unpaired) electrons. The van der Waals surface area contributed by atoms with Crippen molar-refractivity contribution in [3.8, 4) is 0 Å². The van der Waals surface area contributed by atoms with Crippen LogP contribution in [-0.4, -0.2) is 35.8 Å². The molecular weight excluding hydrogens is 340 g/mol. The predicted molar refractivity (Wildman–Crippen MR) is 97.3 cm³/mol. The van der Waals surface area contributed by atoms with Crippen LogP contribution in [0.2, 0.25) is 0 Å². The van der Waals surface area contributed by atoms with Gasteiger partial charge in [0.2, 0.25) is 0 Å². The molecule has 0 saturated heterocycles. The summed E-state index contributed by atoms with van der Waals surface area (Å²) in [6, 6.07) is 7.00. The Balaban J connectivity index is 0.00000576. The van der Waals surface area contributed by atoms with Gasteiger partial charge in [-0.1, -0.05) is 26.7 Å². The van der Waals surface area contributed by atoms with Crippen LogP contribution in [0.25, 0.3) is 0 Å². The zero-order valence-electron chi connectivity index (χ0n) is 15.0. The van der Waals surface area contributed by atoms with Crippen LogP contribution in [0.5, 0.6) is 0 Å². The van der Waals surface area contributed by atoms with Gasteiger partial charge in [0.15, 0.2) is 0 Å². The van der Waals surface area contributed by atoms with Crippen LogP contribution < -0.4 is 29.2 Å². The molecule has 0 spiro atoms. The summed E-state index contributed by atoms with van der Waals surface area (Å²) in [5.41, 5.74) is 12.2. The van der Waals surface area contributed by atoms with E-state index in [1.165, 1.54) is 5.32 Å². The largest absolute Gasteiger partial charge is 1.00 e. The highest BCUT2D eigenvalue weighted by Gasteiger charge is 2.14. The fourth-order valence-corrected chi connectivity index (χ4v) is 2.21. The van der Waals surface area contributed by atoms with Crippen LogP contribution >= 0.6 is 0 Å². The maximum atomic E-state index is 12.7. The van der Waals surface area contributed by atoms with E-state index < -0.39 is 0 Å². The van der Waals surface area contributed by atoms with Gasteiger partial charge in [0.1, 0.15) is 0 Å². The first-order valence-corrected chi connectivity index (χ1v) is 8.40. The van der Waals surface area contributed by atoms with E-state index >= 15 is 0 Å². The Morgan fingerprint density at radius 3 is 2.08 bits per heavy atom. The highest BCUT2D eigenvalue weighted by molar-refractivity contribution is 5.94. The lowest BCUT2D eigenvalue weighted by molar-refractivity contribution is -0.413. The molecular formula is C17H29ClN6O. The van der Waals surface area contributed by atoms with E-state index in [4.69, 9.17) is 16.9 Å². The maximum Gasteiger partial charge on any atom is 0.304 e. The Morgan fingerprint density at radius 1 is 1.12 bits per heavy atom. The third kappa shape index (κ3) is 8.51. The van der Waals surface area contributed by atoms with E-state index in [0.29, 0.717) is 11.3 Å². The number of benzene rings is 1. The standard InChI is InChI=1S/C17H28N6O.ClH/c1-3-5-11-23(12-6-4-2)15(24)13-7-9-14(10-8-13)21-17(20)22-16(18)19;/h7-10H,3-6,11-12H2,1-2H3,(H6,18,19,20,21,22);1H. The number of hydrogen-bond acceptors (Lipinski definition) is 3. The van der Waals surface area contributed by atoms with Crippen molar-refractivity contribution in [1.29, 1.82) is 5.41 Å². The lowest BCUT2D eigenvalue weighted by Gasteiger charge is -2.22. The summed E-state index contributed by atoms with van der Waals surface area (Å²) in [5, 5.41) is 8.42. The number of halogens is 1. The number of nitrogens with zero attached hydrogens (tertiary/aromatic N) is 2. The lowest BCUT2D eigenvalue weighted by atomic mass is 10.1. The molecule has 0 saturated carbocycles. The molecule has 0 aliphatic rings. The predicted octanol–water partition coefficient (Wildman–Crippen LogP) is -1.86. The van der Waals surface area contributed by atoms with Crippen molar-refractivity contribution in [2.75, 3.05) is 13.1 Å². The Hall–Kier alpha value is -2.12. The molecule has 25 heavy (non-hydrogen) atoms. The average molecular weight is 369 g/mol. The third-order valence-corrected chi connectivity index (χ3v) is 3.53. The molecule has 8 heteroatoms. The number of unbranched alkanes of at least 4 members (excludes halogenated alkanes) is 2. The second kappa shape index (κ2) is 12.3. The quantitative estimate of drug-likeness (QED) is 0.317. The first-order valence-electron chi connectivity index (χ1n) is 8.40. The van der Waals surface area contributed by atoms with Crippen LogP contribution in [0.15, 0.2) is 29.3 Å². The molecule has 0 aliphatic heterocycles. The minimum Gasteiger partial charge on any atom is -1.00 e. The molecule has 1 amide bonds. The van der Waals surface area contributed by atoms with E-state index in [1.807, 2.05) is 4.90 Å². The number of carbonyl (C=O) groups is 1. The van der Waals surface area contributed by atoms with E-state index in [-0.39, 0.29) is 30.2 Å². The first kappa shape index (κ1) is 22.9. The van der Waals surface area contributed by atoms with Crippen LogP contribution in [0, 0.1) is 5.41 Å². The van der Waals surface area contributed by atoms with Gasteiger partial charge in [0.25, 0.3) is 11.9 Å². The molecule has 0 unspecified atom stereocenters. The molecule has 140 valence electrons. The Bertz CT molecular complexity index is 565. The molecule has 7 N–H and O–H groups in total. The Labute approximate surface area is 155 Å². The van der Waals surface area contributed by atoms with Crippen molar-refractivity contribution in [1.82, 2.24) is 4.90 Å². The zero-order valence-corrected chi connectivity index (χ0v) is 15.7. The number of amides is 1. The number of aliphatic imine (C=N–C) groups is 1. The molecule has 1 aromatic rings. The van der Waals surface area contributed by atoms with Crippen LogP contribution in [0.4, 0.5) is 5.69 Å². The smallest absolute Gasteiger partial charge is 0.304 e. The number of quaternary nitrogens is 1. The van der Waals surface area contributed by atoms with Crippen molar-refractivity contribution in [3.05, 3.63) is 29.8 Å². The molecule has 0 aromatic heterocycles. The topological polar surface area (TPSA) is 125 Å². The first-order chi connectivity index (χ1) is 11.5. The van der Waals surface area contributed by atoms with Crippen molar-refractivity contribution in [2.45, 2.75) is 39.5 Å². The second-order valence-corrected chi connectivity index (χ2v) is 5.68. The summed E-state index contributed by atoms with van der Waals surface area (Å²) in [6.07, 6.45) is 4.15. The van der Waals surface area contributed by atoms with Crippen molar-refractivity contribution in [2.24, 2.45) is 16.5 Å². The van der Waals surface area contributed by atoms with E-state index in [0.717, 1.165) is 38.8 Å². The molecule has 0 fully saturated rings. The van der Waals surface area contributed by atoms with E-state index in [1.54, 1.807) is 24.3 Å². The summed E-state index contributed by atoms with van der Waals surface area (Å²) in [5.74, 6) is 0.0651. The minimum atomic E-state index is -0.148. The van der Waals surface area contributed by atoms with Gasteiger partial charge in [-0.15, -0.1) is 0 Å². The number of hydrogen-bond donors (Lipinski definition) is 4. The highest BCUT2D eigenvalue weighted by atomic mass is 35.5. The van der Waals surface area contributed by atoms with Crippen molar-refractivity contribution in [3.63, 3.8) is 0 Å². The summed E-state index contributed by atoms with van der Waals surface area (Å²) in [6.45, 7) is 5.82. The van der Waals surface area contributed by atoms with E-state index in [2.05, 4.69) is 18.8 Å².